The molecule has 2 rings (SSSR count). The van der Waals surface area contributed by atoms with E-state index in [1.54, 1.807) is 0 Å². The number of ketones is 1. The Balaban J connectivity index is 2.13. The summed E-state index contributed by atoms with van der Waals surface area (Å²) in [6.45, 7) is 0. The molecule has 0 N–H and O–H groups in total. The van der Waals surface area contributed by atoms with Gasteiger partial charge >= 0.3 is 6.18 Å². The van der Waals surface area contributed by atoms with E-state index in [9.17, 15) is 18.0 Å². The number of Topliss-reactive ketones (excluding diaryl/α,β-unsaturated/α-hetero) is 1. The van der Waals surface area contributed by atoms with Gasteiger partial charge in [-0.05, 0) is 36.2 Å². The summed E-state index contributed by atoms with van der Waals surface area (Å²) < 4.78 is 39.7. The van der Waals surface area contributed by atoms with E-state index in [1.165, 1.54) is 12.1 Å². The van der Waals surface area contributed by atoms with Gasteiger partial charge in [0.1, 0.15) is 0 Å². The van der Waals surface area contributed by atoms with Gasteiger partial charge in [0, 0.05) is 20.9 Å². The molecule has 0 aliphatic carbocycles. The summed E-state index contributed by atoms with van der Waals surface area (Å²) >= 11 is 6.80. The first kappa shape index (κ1) is 17.2. The molecule has 0 aliphatic heterocycles. The fourth-order valence-electron chi connectivity index (χ4n) is 2.02. The topological polar surface area (TPSA) is 17.1 Å². The molecule has 116 valence electrons. The average Bonchev–Trinajstić information content (AvgIpc) is 2.46. The van der Waals surface area contributed by atoms with E-state index in [2.05, 4.69) is 31.9 Å². The Morgan fingerprint density at radius 1 is 1.00 bits per heavy atom. The zero-order valence-electron chi connectivity index (χ0n) is 11.3. The Labute approximate surface area is 142 Å². The predicted molar refractivity (Wildman–Crippen MR) is 85.9 cm³/mol. The van der Waals surface area contributed by atoms with Crippen LogP contribution in [0.25, 0.3) is 0 Å². The Morgan fingerprint density at radius 3 is 2.18 bits per heavy atom. The second kappa shape index (κ2) is 6.96. The second-order valence-electron chi connectivity index (χ2n) is 4.70. The average molecular weight is 436 g/mol. The number of hydrogen-bond donors (Lipinski definition) is 0. The fourth-order valence-corrected chi connectivity index (χ4v) is 3.42. The third-order valence-corrected chi connectivity index (χ3v) is 4.66. The smallest absolute Gasteiger partial charge is 0.294 e. The van der Waals surface area contributed by atoms with Gasteiger partial charge < -0.3 is 0 Å². The summed E-state index contributed by atoms with van der Waals surface area (Å²) in [7, 11) is 0. The van der Waals surface area contributed by atoms with Crippen molar-refractivity contribution >= 4 is 37.6 Å². The van der Waals surface area contributed by atoms with Gasteiger partial charge in [0.25, 0.3) is 0 Å². The van der Waals surface area contributed by atoms with Crippen LogP contribution in [-0.2, 0) is 12.6 Å². The van der Waals surface area contributed by atoms with Crippen molar-refractivity contribution in [1.29, 1.82) is 0 Å². The van der Waals surface area contributed by atoms with Gasteiger partial charge in [-0.15, -0.1) is 0 Å². The summed E-state index contributed by atoms with van der Waals surface area (Å²) in [6, 6.07) is 10.1. The molecular formula is C16H11Br2F3O. The van der Waals surface area contributed by atoms with Crippen LogP contribution >= 0.6 is 31.9 Å². The van der Waals surface area contributed by atoms with E-state index in [0.717, 1.165) is 26.6 Å². The molecule has 0 radical (unpaired) electrons. The van der Waals surface area contributed by atoms with Gasteiger partial charge in [-0.3, -0.25) is 4.79 Å². The molecule has 0 saturated carbocycles. The molecule has 0 atom stereocenters. The van der Waals surface area contributed by atoms with Crippen molar-refractivity contribution in [3.05, 3.63) is 68.1 Å². The van der Waals surface area contributed by atoms with Crippen molar-refractivity contribution in [2.45, 2.75) is 19.0 Å². The van der Waals surface area contributed by atoms with Gasteiger partial charge in [0.05, 0.1) is 5.56 Å². The van der Waals surface area contributed by atoms with E-state index in [1.807, 2.05) is 18.2 Å². The number of rotatable bonds is 4. The maximum Gasteiger partial charge on any atom is 0.416 e. The zero-order chi connectivity index (χ0) is 16.3. The van der Waals surface area contributed by atoms with Crippen LogP contribution in [0.3, 0.4) is 0 Å². The second-order valence-corrected chi connectivity index (χ2v) is 6.41. The number of hydrogen-bond acceptors (Lipinski definition) is 1. The van der Waals surface area contributed by atoms with Crippen molar-refractivity contribution in [3.63, 3.8) is 0 Å². The first-order valence-electron chi connectivity index (χ1n) is 6.42. The van der Waals surface area contributed by atoms with Crippen LogP contribution in [0.5, 0.6) is 0 Å². The summed E-state index contributed by atoms with van der Waals surface area (Å²) in [5.74, 6) is -0.311. The number of carbonyl (C=O) groups is 1. The molecule has 0 amide bonds. The summed E-state index contributed by atoms with van der Waals surface area (Å²) in [6.07, 6.45) is -3.86. The Kier molecular flexibility index (Phi) is 5.45. The van der Waals surface area contributed by atoms with Crippen LogP contribution in [0.15, 0.2) is 51.4 Å². The van der Waals surface area contributed by atoms with Gasteiger partial charge in [-0.25, -0.2) is 0 Å². The third kappa shape index (κ3) is 4.20. The van der Waals surface area contributed by atoms with Crippen molar-refractivity contribution in [3.8, 4) is 0 Å². The van der Waals surface area contributed by atoms with Crippen LogP contribution < -0.4 is 0 Å². The van der Waals surface area contributed by atoms with Crippen LogP contribution in [0.2, 0.25) is 0 Å². The van der Waals surface area contributed by atoms with Crippen molar-refractivity contribution in [1.82, 2.24) is 0 Å². The van der Waals surface area contributed by atoms with Crippen molar-refractivity contribution in [2.75, 3.05) is 0 Å². The van der Waals surface area contributed by atoms with Crippen LogP contribution in [-0.4, -0.2) is 5.78 Å². The maximum absolute atomic E-state index is 12.7. The standard InChI is InChI=1S/C16H11Br2F3O/c17-13-5-2-6-14(18)12(13)7-8-15(22)10-3-1-4-11(9-10)16(19,20)21/h1-6,9H,7-8H2. The number of benzene rings is 2. The highest BCUT2D eigenvalue weighted by Gasteiger charge is 2.30. The minimum Gasteiger partial charge on any atom is -0.294 e. The molecule has 0 spiro atoms. The zero-order valence-corrected chi connectivity index (χ0v) is 14.4. The van der Waals surface area contributed by atoms with Crippen LogP contribution in [0, 0.1) is 0 Å². The number of carbonyl (C=O) groups excluding carboxylic acids is 1. The third-order valence-electron chi connectivity index (χ3n) is 3.18. The lowest BCUT2D eigenvalue weighted by Crippen LogP contribution is -2.08. The highest BCUT2D eigenvalue weighted by molar-refractivity contribution is 9.11. The van der Waals surface area contributed by atoms with Gasteiger partial charge in [0.2, 0.25) is 0 Å². The quantitative estimate of drug-likeness (QED) is 0.534. The SMILES string of the molecule is O=C(CCc1c(Br)cccc1Br)c1cccc(C(F)(F)F)c1. The molecule has 0 unspecified atom stereocenters. The van der Waals surface area contributed by atoms with Crippen LogP contribution in [0.4, 0.5) is 13.2 Å². The first-order valence-corrected chi connectivity index (χ1v) is 8.01. The maximum atomic E-state index is 12.7. The van der Waals surface area contributed by atoms with Crippen LogP contribution in [0.1, 0.15) is 27.9 Å². The van der Waals surface area contributed by atoms with E-state index < -0.39 is 11.7 Å². The molecular weight excluding hydrogens is 425 g/mol. The van der Waals surface area contributed by atoms with Gasteiger partial charge in [0.15, 0.2) is 5.78 Å². The van der Waals surface area contributed by atoms with Gasteiger partial charge in [-0.2, -0.15) is 13.2 Å². The Morgan fingerprint density at radius 2 is 1.59 bits per heavy atom. The fraction of sp³-hybridized carbons (Fsp3) is 0.188. The summed E-state index contributed by atoms with van der Waals surface area (Å²) in [5.41, 5.74) is 0.196. The van der Waals surface area contributed by atoms with Crippen molar-refractivity contribution in [2.24, 2.45) is 0 Å². The first-order chi connectivity index (χ1) is 10.3. The molecule has 0 aliphatic rings. The molecule has 0 aromatic heterocycles. The van der Waals surface area contributed by atoms with E-state index in [0.29, 0.717) is 6.42 Å². The highest BCUT2D eigenvalue weighted by Crippen LogP contribution is 2.30. The summed E-state index contributed by atoms with van der Waals surface area (Å²) in [5, 5.41) is 0. The lowest BCUT2D eigenvalue weighted by Gasteiger charge is -2.09. The number of alkyl halides is 3. The molecule has 0 heterocycles. The highest BCUT2D eigenvalue weighted by atomic mass is 79.9. The summed E-state index contributed by atoms with van der Waals surface area (Å²) in [4.78, 5) is 12.1. The molecule has 0 fully saturated rings. The molecule has 22 heavy (non-hydrogen) atoms. The van der Waals surface area contributed by atoms with E-state index in [-0.39, 0.29) is 17.8 Å². The minimum atomic E-state index is -4.44. The van der Waals surface area contributed by atoms with E-state index in [4.69, 9.17) is 0 Å². The Hall–Kier alpha value is -1.14. The van der Waals surface area contributed by atoms with Crippen molar-refractivity contribution < 1.29 is 18.0 Å². The molecule has 0 saturated heterocycles. The minimum absolute atomic E-state index is 0.0815. The molecule has 6 heteroatoms. The normalized spacial score (nSPS) is 11.5. The van der Waals surface area contributed by atoms with E-state index >= 15 is 0 Å². The molecule has 1 nitrogen and oxygen atoms in total. The molecule has 0 bridgehead atoms. The lowest BCUT2D eigenvalue weighted by molar-refractivity contribution is -0.137. The number of halogens is 5. The molecule has 2 aromatic carbocycles. The largest absolute Gasteiger partial charge is 0.416 e. The van der Waals surface area contributed by atoms with Gasteiger partial charge in [-0.1, -0.05) is 50.1 Å². The monoisotopic (exact) mass is 434 g/mol. The predicted octanol–water partition coefficient (Wildman–Crippen LogP) is 6.05. The Bertz CT molecular complexity index is 676. The lowest BCUT2D eigenvalue weighted by atomic mass is 10.0. The molecule has 2 aromatic rings.